The summed E-state index contributed by atoms with van der Waals surface area (Å²) in [6.45, 7) is 4.28. The maximum Gasteiger partial charge on any atom is 0.254 e. The van der Waals surface area contributed by atoms with Gasteiger partial charge in [0.2, 0.25) is 5.91 Å². The largest absolute Gasteiger partial charge is 0.497 e. The van der Waals surface area contributed by atoms with E-state index in [0.717, 1.165) is 45.2 Å². The summed E-state index contributed by atoms with van der Waals surface area (Å²) in [7, 11) is 1.60. The minimum atomic E-state index is -0.550. The highest BCUT2D eigenvalue weighted by Gasteiger charge is 2.39. The van der Waals surface area contributed by atoms with E-state index in [2.05, 4.69) is 58.9 Å². The Hall–Kier alpha value is -3.20. The van der Waals surface area contributed by atoms with Gasteiger partial charge in [0, 0.05) is 48.2 Å². The zero-order chi connectivity index (χ0) is 28.8. The molecule has 1 saturated carbocycles. The van der Waals surface area contributed by atoms with Gasteiger partial charge >= 0.3 is 0 Å². The van der Waals surface area contributed by atoms with Gasteiger partial charge in [0.25, 0.3) is 5.91 Å². The van der Waals surface area contributed by atoms with E-state index in [1.807, 2.05) is 12.1 Å². The maximum absolute atomic E-state index is 13.9. The lowest BCUT2D eigenvalue weighted by Gasteiger charge is -2.43. The predicted octanol–water partition coefficient (Wildman–Crippen LogP) is 5.13. The van der Waals surface area contributed by atoms with Crippen LogP contribution in [0, 0.1) is 6.92 Å². The van der Waals surface area contributed by atoms with Crippen LogP contribution in [0.3, 0.4) is 0 Å². The van der Waals surface area contributed by atoms with Crippen LogP contribution in [0.4, 0.5) is 0 Å². The number of carbonyl (C=O) groups excluding carboxylic acids is 2. The van der Waals surface area contributed by atoms with E-state index in [9.17, 15) is 9.59 Å². The Labute approximate surface area is 247 Å². The van der Waals surface area contributed by atoms with E-state index in [0.29, 0.717) is 24.3 Å². The van der Waals surface area contributed by atoms with Crippen molar-refractivity contribution >= 4 is 23.2 Å². The highest BCUT2D eigenvalue weighted by molar-refractivity contribution is 7.09. The molecular weight excluding hydrogens is 532 g/mol. The average Bonchev–Trinajstić information content (AvgIpc) is 3.51. The number of aryl methyl sites for hydroxylation is 1. The molecule has 2 aromatic carbocycles. The molecule has 3 N–H and O–H groups in total. The summed E-state index contributed by atoms with van der Waals surface area (Å²) in [6.07, 6.45) is 4.97. The van der Waals surface area contributed by atoms with Crippen molar-refractivity contribution in [3.05, 3.63) is 87.6 Å². The van der Waals surface area contributed by atoms with E-state index in [4.69, 9.17) is 10.5 Å². The number of piperidine rings is 1. The van der Waals surface area contributed by atoms with Crippen molar-refractivity contribution in [3.63, 3.8) is 0 Å². The number of nitrogens with zero attached hydrogens (tertiary/aromatic N) is 2. The highest BCUT2D eigenvalue weighted by atomic mass is 32.1. The summed E-state index contributed by atoms with van der Waals surface area (Å²) in [4.78, 5) is 33.4. The molecule has 7 nitrogen and oxygen atoms in total. The first-order valence-corrected chi connectivity index (χ1v) is 15.6. The van der Waals surface area contributed by atoms with E-state index in [-0.39, 0.29) is 29.9 Å². The Morgan fingerprint density at radius 1 is 1.02 bits per heavy atom. The number of nitrogens with two attached hydrogens (primary N) is 1. The third-order valence-corrected chi connectivity index (χ3v) is 9.52. The first-order valence-electron chi connectivity index (χ1n) is 14.7. The van der Waals surface area contributed by atoms with Gasteiger partial charge in [-0.3, -0.25) is 14.5 Å². The van der Waals surface area contributed by atoms with Crippen molar-refractivity contribution in [3.8, 4) is 5.75 Å². The van der Waals surface area contributed by atoms with Crippen LogP contribution in [0.25, 0.3) is 0 Å². The van der Waals surface area contributed by atoms with Crippen LogP contribution in [0.15, 0.2) is 66.0 Å². The predicted molar refractivity (Wildman–Crippen MR) is 164 cm³/mol. The molecule has 1 aliphatic heterocycles. The van der Waals surface area contributed by atoms with Gasteiger partial charge in [-0.1, -0.05) is 36.4 Å². The van der Waals surface area contributed by atoms with Gasteiger partial charge in [0.15, 0.2) is 0 Å². The Balaban J connectivity index is 1.40. The number of nitrogens with one attached hydrogen (secondary N) is 1. The van der Waals surface area contributed by atoms with Gasteiger partial charge in [0.05, 0.1) is 7.11 Å². The van der Waals surface area contributed by atoms with Crippen molar-refractivity contribution in [1.82, 2.24) is 15.1 Å². The molecule has 2 aliphatic rings. The fourth-order valence-corrected chi connectivity index (χ4v) is 6.91. The van der Waals surface area contributed by atoms with Crippen molar-refractivity contribution in [2.45, 2.75) is 82.7 Å². The molecule has 0 radical (unpaired) electrons. The van der Waals surface area contributed by atoms with E-state index in [1.54, 1.807) is 35.5 Å². The lowest BCUT2D eigenvalue weighted by atomic mass is 9.90. The normalized spacial score (nSPS) is 22.9. The second-order valence-electron chi connectivity index (χ2n) is 11.5. The molecule has 218 valence electrons. The lowest BCUT2D eigenvalue weighted by Crippen LogP contribution is -2.58. The fourth-order valence-electron chi connectivity index (χ4n) is 6.18. The number of likely N-dealkylation sites (tertiary alicyclic amines) is 1. The summed E-state index contributed by atoms with van der Waals surface area (Å²) in [5, 5.41) is 5.42. The van der Waals surface area contributed by atoms with Gasteiger partial charge in [-0.05, 0) is 86.2 Å². The summed E-state index contributed by atoms with van der Waals surface area (Å²) in [5.74, 6) is 0.445. The Bertz CT molecular complexity index is 1310. The topological polar surface area (TPSA) is 87.9 Å². The van der Waals surface area contributed by atoms with Crippen molar-refractivity contribution in [2.75, 3.05) is 13.7 Å². The molecule has 0 spiro atoms. The number of thiophene rings is 1. The molecule has 1 unspecified atom stereocenters. The SMILES string of the molecule is COc1cccc(C(=O)N2CCC(N(Cc3cccs3)Cc3ccccc3C)C[C@@H]2C(=O)NC2CCC(N)CC2)c1. The van der Waals surface area contributed by atoms with Gasteiger partial charge in [-0.15, -0.1) is 11.3 Å². The minimum absolute atomic E-state index is 0.0571. The third kappa shape index (κ3) is 7.36. The number of benzene rings is 2. The van der Waals surface area contributed by atoms with Crippen molar-refractivity contribution in [1.29, 1.82) is 0 Å². The summed E-state index contributed by atoms with van der Waals surface area (Å²) >= 11 is 1.76. The van der Waals surface area contributed by atoms with Crippen LogP contribution in [-0.4, -0.2) is 59.4 Å². The van der Waals surface area contributed by atoms with Gasteiger partial charge in [0.1, 0.15) is 11.8 Å². The molecule has 1 saturated heterocycles. The van der Waals surface area contributed by atoms with E-state index < -0.39 is 6.04 Å². The quantitative estimate of drug-likeness (QED) is 0.370. The number of hydrogen-bond donors (Lipinski definition) is 2. The Morgan fingerprint density at radius 3 is 2.56 bits per heavy atom. The second-order valence-corrected chi connectivity index (χ2v) is 12.5. The molecule has 8 heteroatoms. The van der Waals surface area contributed by atoms with Crippen molar-refractivity contribution < 1.29 is 14.3 Å². The van der Waals surface area contributed by atoms with Crippen LogP contribution in [0.5, 0.6) is 5.75 Å². The molecule has 2 atom stereocenters. The molecule has 2 amide bonds. The minimum Gasteiger partial charge on any atom is -0.497 e. The Kier molecular flexibility index (Phi) is 9.75. The van der Waals surface area contributed by atoms with Crippen LogP contribution in [0.2, 0.25) is 0 Å². The standard InChI is InChI=1S/C33H42N4O3S/c1-23-7-3-4-8-25(23)21-36(22-30-11-6-18-41-30)28-16-17-37(33(39)24-9-5-10-29(19-24)40-2)31(20-28)32(38)35-27-14-12-26(34)13-15-27/h3-11,18-19,26-28,31H,12-17,20-22,34H2,1-2H3,(H,35,38)/t26?,27?,28?,31-/m1/s1. The fraction of sp³-hybridized carbons (Fsp3) is 0.455. The molecule has 0 bridgehead atoms. The van der Waals surface area contributed by atoms with Crippen LogP contribution in [0.1, 0.15) is 64.9 Å². The summed E-state index contributed by atoms with van der Waals surface area (Å²) < 4.78 is 5.37. The second kappa shape index (κ2) is 13.6. The summed E-state index contributed by atoms with van der Waals surface area (Å²) in [6, 6.07) is 19.9. The number of rotatable bonds is 9. The molecular formula is C33H42N4O3S. The van der Waals surface area contributed by atoms with E-state index >= 15 is 0 Å². The van der Waals surface area contributed by atoms with Gasteiger partial charge in [-0.2, -0.15) is 0 Å². The number of carbonyl (C=O) groups is 2. The van der Waals surface area contributed by atoms with Crippen molar-refractivity contribution in [2.24, 2.45) is 5.73 Å². The van der Waals surface area contributed by atoms with Crippen LogP contribution < -0.4 is 15.8 Å². The summed E-state index contributed by atoms with van der Waals surface area (Å²) in [5.41, 5.74) is 9.22. The molecule has 1 aliphatic carbocycles. The molecule has 2 heterocycles. The first kappa shape index (κ1) is 29.3. The van der Waals surface area contributed by atoms with Crippen LogP contribution in [-0.2, 0) is 17.9 Å². The van der Waals surface area contributed by atoms with E-state index in [1.165, 1.54) is 16.0 Å². The number of ether oxygens (including phenoxy) is 1. The Morgan fingerprint density at radius 2 is 1.83 bits per heavy atom. The number of methoxy groups -OCH3 is 1. The van der Waals surface area contributed by atoms with Gasteiger partial charge in [-0.25, -0.2) is 0 Å². The molecule has 3 aromatic rings. The average molecular weight is 575 g/mol. The van der Waals surface area contributed by atoms with Gasteiger partial charge < -0.3 is 20.7 Å². The zero-order valence-electron chi connectivity index (χ0n) is 24.1. The molecule has 1 aromatic heterocycles. The lowest BCUT2D eigenvalue weighted by molar-refractivity contribution is -0.128. The molecule has 5 rings (SSSR count). The molecule has 2 fully saturated rings. The number of hydrogen-bond acceptors (Lipinski definition) is 6. The zero-order valence-corrected chi connectivity index (χ0v) is 24.9. The highest BCUT2D eigenvalue weighted by Crippen LogP contribution is 2.29. The first-order chi connectivity index (χ1) is 19.9. The maximum atomic E-state index is 13.9. The molecule has 41 heavy (non-hydrogen) atoms. The smallest absolute Gasteiger partial charge is 0.254 e. The number of amides is 2. The van der Waals surface area contributed by atoms with Crippen LogP contribution >= 0.6 is 11.3 Å². The third-order valence-electron chi connectivity index (χ3n) is 8.66. The monoisotopic (exact) mass is 574 g/mol.